The molecule has 1 rings (SSSR count). The molecule has 0 aliphatic rings. The fourth-order valence-electron chi connectivity index (χ4n) is 2.26. The Labute approximate surface area is 134 Å². The van der Waals surface area contributed by atoms with Gasteiger partial charge < -0.3 is 9.47 Å². The van der Waals surface area contributed by atoms with E-state index in [0.29, 0.717) is 11.5 Å². The molecule has 1 aromatic rings. The Hall–Kier alpha value is -1.27. The van der Waals surface area contributed by atoms with Crippen LogP contribution in [-0.4, -0.2) is 28.7 Å². The maximum Gasteiger partial charge on any atom is 0.244 e. The van der Waals surface area contributed by atoms with E-state index in [0.717, 1.165) is 19.3 Å². The zero-order chi connectivity index (χ0) is 16.6. The largest absolute Gasteiger partial charge is 0.497 e. The number of hydrogen-bond donors (Lipinski definition) is 1. The Balaban J connectivity index is 2.81. The molecule has 6 heteroatoms. The van der Waals surface area contributed by atoms with Crippen molar-refractivity contribution in [1.82, 2.24) is 4.72 Å². The lowest BCUT2D eigenvalue weighted by Crippen LogP contribution is -2.32. The molecular weight excluding hydrogens is 302 g/mol. The van der Waals surface area contributed by atoms with Crippen molar-refractivity contribution >= 4 is 10.0 Å². The first kappa shape index (κ1) is 18.8. The van der Waals surface area contributed by atoms with E-state index >= 15 is 0 Å². The summed E-state index contributed by atoms with van der Waals surface area (Å²) < 4.78 is 38.0. The first-order valence-corrected chi connectivity index (χ1v) is 9.17. The van der Waals surface area contributed by atoms with Gasteiger partial charge in [0.05, 0.1) is 14.2 Å². The normalized spacial score (nSPS) is 12.9. The van der Waals surface area contributed by atoms with Crippen molar-refractivity contribution in [3.05, 3.63) is 18.2 Å². The molecule has 0 bridgehead atoms. The van der Waals surface area contributed by atoms with Gasteiger partial charge in [0.1, 0.15) is 16.4 Å². The SMILES string of the molecule is CCCCCCC(C)NS(=O)(=O)c1cc(OC)ccc1OC. The highest BCUT2D eigenvalue weighted by Gasteiger charge is 2.22. The van der Waals surface area contributed by atoms with Gasteiger partial charge in [-0.25, -0.2) is 13.1 Å². The number of rotatable bonds is 10. The van der Waals surface area contributed by atoms with Gasteiger partial charge in [0.2, 0.25) is 10.0 Å². The maximum absolute atomic E-state index is 12.5. The van der Waals surface area contributed by atoms with E-state index in [4.69, 9.17) is 9.47 Å². The van der Waals surface area contributed by atoms with Crippen LogP contribution < -0.4 is 14.2 Å². The van der Waals surface area contributed by atoms with Crippen LogP contribution >= 0.6 is 0 Å². The van der Waals surface area contributed by atoms with Crippen LogP contribution in [0.1, 0.15) is 46.0 Å². The van der Waals surface area contributed by atoms with E-state index < -0.39 is 10.0 Å². The highest BCUT2D eigenvalue weighted by molar-refractivity contribution is 7.89. The second kappa shape index (κ2) is 9.00. The summed E-state index contributed by atoms with van der Waals surface area (Å²) in [4.78, 5) is 0.106. The molecule has 1 N–H and O–H groups in total. The van der Waals surface area contributed by atoms with Crippen LogP contribution in [0.3, 0.4) is 0 Å². The van der Waals surface area contributed by atoms with Crippen molar-refractivity contribution in [2.75, 3.05) is 14.2 Å². The molecule has 5 nitrogen and oxygen atoms in total. The van der Waals surface area contributed by atoms with Crippen molar-refractivity contribution in [2.24, 2.45) is 0 Å². The Morgan fingerprint density at radius 1 is 1.14 bits per heavy atom. The molecule has 1 unspecified atom stereocenters. The molecule has 0 aliphatic carbocycles. The molecule has 0 radical (unpaired) electrons. The van der Waals surface area contributed by atoms with Crippen molar-refractivity contribution in [2.45, 2.75) is 56.9 Å². The second-order valence-corrected chi connectivity index (χ2v) is 7.07. The van der Waals surface area contributed by atoms with Gasteiger partial charge in [0.25, 0.3) is 0 Å². The van der Waals surface area contributed by atoms with Crippen molar-refractivity contribution < 1.29 is 17.9 Å². The van der Waals surface area contributed by atoms with E-state index in [9.17, 15) is 8.42 Å². The summed E-state index contributed by atoms with van der Waals surface area (Å²) in [7, 11) is -0.677. The molecule has 0 aromatic heterocycles. The van der Waals surface area contributed by atoms with Gasteiger partial charge in [-0.15, -0.1) is 0 Å². The van der Waals surface area contributed by atoms with Crippen LogP contribution in [-0.2, 0) is 10.0 Å². The van der Waals surface area contributed by atoms with Crippen molar-refractivity contribution in [1.29, 1.82) is 0 Å². The lowest BCUT2D eigenvalue weighted by molar-refractivity contribution is 0.391. The summed E-state index contributed by atoms with van der Waals surface area (Å²) >= 11 is 0. The third kappa shape index (κ3) is 5.50. The molecule has 22 heavy (non-hydrogen) atoms. The van der Waals surface area contributed by atoms with Crippen LogP contribution in [0.5, 0.6) is 11.5 Å². The molecule has 0 saturated carbocycles. The van der Waals surface area contributed by atoms with E-state index in [1.807, 2.05) is 6.92 Å². The summed E-state index contributed by atoms with van der Waals surface area (Å²) in [5.41, 5.74) is 0. The van der Waals surface area contributed by atoms with Crippen molar-refractivity contribution in [3.8, 4) is 11.5 Å². The minimum Gasteiger partial charge on any atom is -0.497 e. The summed E-state index contributed by atoms with van der Waals surface area (Å²) in [6, 6.07) is 4.63. The third-order valence-electron chi connectivity index (χ3n) is 3.51. The Morgan fingerprint density at radius 3 is 2.45 bits per heavy atom. The van der Waals surface area contributed by atoms with Crippen molar-refractivity contribution in [3.63, 3.8) is 0 Å². The van der Waals surface area contributed by atoms with E-state index in [-0.39, 0.29) is 10.9 Å². The first-order valence-electron chi connectivity index (χ1n) is 7.69. The molecular formula is C16H27NO4S. The summed E-state index contributed by atoms with van der Waals surface area (Å²) in [6.45, 7) is 4.04. The highest BCUT2D eigenvalue weighted by Crippen LogP contribution is 2.28. The quantitative estimate of drug-likeness (QED) is 0.669. The maximum atomic E-state index is 12.5. The molecule has 0 saturated heterocycles. The predicted octanol–water partition coefficient (Wildman–Crippen LogP) is 3.34. The first-order chi connectivity index (χ1) is 10.4. The smallest absolute Gasteiger partial charge is 0.244 e. The van der Waals surface area contributed by atoms with Gasteiger partial charge in [0, 0.05) is 12.1 Å². The van der Waals surface area contributed by atoms with Crippen LogP contribution in [0.25, 0.3) is 0 Å². The Bertz CT molecular complexity index is 557. The minimum atomic E-state index is -3.63. The number of nitrogens with one attached hydrogen (secondary N) is 1. The lowest BCUT2D eigenvalue weighted by Gasteiger charge is -2.16. The van der Waals surface area contributed by atoms with Crippen LogP contribution in [0.15, 0.2) is 23.1 Å². The van der Waals surface area contributed by atoms with Gasteiger partial charge in [-0.05, 0) is 25.5 Å². The number of hydrogen-bond acceptors (Lipinski definition) is 4. The van der Waals surface area contributed by atoms with E-state index in [2.05, 4.69) is 11.6 Å². The molecule has 126 valence electrons. The average Bonchev–Trinajstić information content (AvgIpc) is 2.50. The summed E-state index contributed by atoms with van der Waals surface area (Å²) in [6.07, 6.45) is 5.33. The predicted molar refractivity (Wildman–Crippen MR) is 88.1 cm³/mol. The summed E-state index contributed by atoms with van der Waals surface area (Å²) in [5.74, 6) is 0.795. The number of unbranched alkanes of at least 4 members (excludes halogenated alkanes) is 3. The lowest BCUT2D eigenvalue weighted by atomic mass is 10.1. The molecule has 0 spiro atoms. The number of sulfonamides is 1. The summed E-state index contributed by atoms with van der Waals surface area (Å²) in [5, 5.41) is 0. The van der Waals surface area contributed by atoms with Crippen LogP contribution in [0.2, 0.25) is 0 Å². The van der Waals surface area contributed by atoms with Crippen LogP contribution in [0.4, 0.5) is 0 Å². The van der Waals surface area contributed by atoms with Gasteiger partial charge in [-0.1, -0.05) is 32.6 Å². The monoisotopic (exact) mass is 329 g/mol. The molecule has 0 heterocycles. The Kier molecular flexibility index (Phi) is 7.68. The average molecular weight is 329 g/mol. The zero-order valence-corrected chi connectivity index (χ0v) is 14.7. The molecule has 1 aromatic carbocycles. The number of benzene rings is 1. The van der Waals surface area contributed by atoms with Gasteiger partial charge >= 0.3 is 0 Å². The minimum absolute atomic E-state index is 0.106. The molecule has 0 fully saturated rings. The fourth-order valence-corrected chi connectivity index (χ4v) is 3.72. The van der Waals surface area contributed by atoms with Crippen LogP contribution in [0, 0.1) is 0 Å². The fraction of sp³-hybridized carbons (Fsp3) is 0.625. The molecule has 0 aliphatic heterocycles. The third-order valence-corrected chi connectivity index (χ3v) is 5.12. The highest BCUT2D eigenvalue weighted by atomic mass is 32.2. The topological polar surface area (TPSA) is 64.6 Å². The zero-order valence-electron chi connectivity index (χ0n) is 13.9. The molecule has 1 atom stereocenters. The number of methoxy groups -OCH3 is 2. The van der Waals surface area contributed by atoms with E-state index in [1.54, 1.807) is 12.1 Å². The molecule has 0 amide bonds. The van der Waals surface area contributed by atoms with E-state index in [1.165, 1.54) is 33.1 Å². The Morgan fingerprint density at radius 2 is 1.86 bits per heavy atom. The number of ether oxygens (including phenoxy) is 2. The van der Waals surface area contributed by atoms with Gasteiger partial charge in [-0.2, -0.15) is 0 Å². The second-order valence-electron chi connectivity index (χ2n) is 5.39. The van der Waals surface area contributed by atoms with Gasteiger partial charge in [-0.3, -0.25) is 0 Å². The standard InChI is InChI=1S/C16H27NO4S/c1-5-6-7-8-9-13(2)17-22(18,19)16-12-14(20-3)10-11-15(16)21-4/h10-13,17H,5-9H2,1-4H3. The van der Waals surface area contributed by atoms with Gasteiger partial charge in [0.15, 0.2) is 0 Å².